The highest BCUT2D eigenvalue weighted by atomic mass is 35.5. The van der Waals surface area contributed by atoms with E-state index in [9.17, 15) is 9.59 Å². The van der Waals surface area contributed by atoms with Gasteiger partial charge in [0.05, 0.1) is 46.1 Å². The summed E-state index contributed by atoms with van der Waals surface area (Å²) in [6, 6.07) is 17.3. The SMILES string of the molecule is COC(=O)C1=C(C)N=c2s/c(=C\c3ccc(OC)c(COc4c(Cl)cc(Cl)cc4Cl)c3)c(=O)n2C1c1ccccc1. The summed E-state index contributed by atoms with van der Waals surface area (Å²) < 4.78 is 18.5. The summed E-state index contributed by atoms with van der Waals surface area (Å²) in [7, 11) is 2.87. The minimum Gasteiger partial charge on any atom is -0.496 e. The molecule has 1 aliphatic heterocycles. The summed E-state index contributed by atoms with van der Waals surface area (Å²) in [6.45, 7) is 1.84. The van der Waals surface area contributed by atoms with Gasteiger partial charge in [0, 0.05) is 10.6 Å². The lowest BCUT2D eigenvalue weighted by atomic mass is 9.96. The van der Waals surface area contributed by atoms with Gasteiger partial charge in [-0.1, -0.05) is 82.5 Å². The van der Waals surface area contributed by atoms with Crippen molar-refractivity contribution in [3.8, 4) is 11.5 Å². The molecule has 1 atom stereocenters. The number of ether oxygens (including phenoxy) is 3. The zero-order valence-electron chi connectivity index (χ0n) is 22.1. The van der Waals surface area contributed by atoms with Crippen LogP contribution in [0.4, 0.5) is 0 Å². The predicted octanol–water partition coefficient (Wildman–Crippen LogP) is 5.96. The van der Waals surface area contributed by atoms with Crippen molar-refractivity contribution < 1.29 is 19.0 Å². The van der Waals surface area contributed by atoms with E-state index in [-0.39, 0.29) is 22.2 Å². The first kappa shape index (κ1) is 29.0. The van der Waals surface area contributed by atoms with Crippen LogP contribution < -0.4 is 24.4 Å². The van der Waals surface area contributed by atoms with Crippen LogP contribution in [0.25, 0.3) is 6.08 Å². The molecule has 11 heteroatoms. The molecular weight excluding hydrogens is 607 g/mol. The van der Waals surface area contributed by atoms with Gasteiger partial charge < -0.3 is 14.2 Å². The Hall–Kier alpha value is -3.56. The van der Waals surface area contributed by atoms with Crippen LogP contribution in [-0.2, 0) is 16.1 Å². The van der Waals surface area contributed by atoms with E-state index in [1.807, 2.05) is 42.5 Å². The molecule has 5 rings (SSSR count). The lowest BCUT2D eigenvalue weighted by Crippen LogP contribution is -2.39. The highest BCUT2D eigenvalue weighted by Gasteiger charge is 2.32. The van der Waals surface area contributed by atoms with Crippen LogP contribution in [-0.4, -0.2) is 24.8 Å². The molecule has 0 saturated heterocycles. The molecule has 41 heavy (non-hydrogen) atoms. The standard InChI is InChI=1S/C30H23Cl3N2O5S/c1-16-25(29(37)39-3)26(18-7-5-4-6-8-18)35-28(36)24(41-30(35)34-16)12-17-9-10-23(38-2)19(11-17)15-40-27-21(32)13-20(31)14-22(27)33/h4-14,26H,15H2,1-3H3/b24-12-. The van der Waals surface area contributed by atoms with Crippen molar-refractivity contribution in [3.05, 3.63) is 123 Å². The Morgan fingerprint density at radius 3 is 2.41 bits per heavy atom. The van der Waals surface area contributed by atoms with E-state index in [1.54, 1.807) is 42.9 Å². The third kappa shape index (κ3) is 5.78. The molecule has 1 aliphatic rings. The maximum Gasteiger partial charge on any atom is 0.338 e. The third-order valence-electron chi connectivity index (χ3n) is 6.48. The van der Waals surface area contributed by atoms with Gasteiger partial charge in [-0.15, -0.1) is 0 Å². The van der Waals surface area contributed by atoms with Crippen molar-refractivity contribution in [3.63, 3.8) is 0 Å². The lowest BCUT2D eigenvalue weighted by Gasteiger charge is -2.24. The molecule has 0 fully saturated rings. The van der Waals surface area contributed by atoms with Crippen molar-refractivity contribution in [1.29, 1.82) is 0 Å². The zero-order chi connectivity index (χ0) is 29.3. The summed E-state index contributed by atoms with van der Waals surface area (Å²) in [5, 5.41) is 0.971. The fourth-order valence-corrected chi connectivity index (χ4v) is 6.59. The number of halogens is 3. The molecular formula is C30H23Cl3N2O5S. The minimum atomic E-state index is -0.671. The summed E-state index contributed by atoms with van der Waals surface area (Å²) in [6.07, 6.45) is 1.77. The van der Waals surface area contributed by atoms with Gasteiger partial charge in [-0.3, -0.25) is 9.36 Å². The van der Waals surface area contributed by atoms with Crippen molar-refractivity contribution in [2.45, 2.75) is 19.6 Å². The average molecular weight is 630 g/mol. The average Bonchev–Trinajstić information content (AvgIpc) is 3.25. The van der Waals surface area contributed by atoms with Crippen molar-refractivity contribution in [2.75, 3.05) is 14.2 Å². The Morgan fingerprint density at radius 2 is 1.76 bits per heavy atom. The number of allylic oxidation sites excluding steroid dienone is 1. The van der Waals surface area contributed by atoms with Crippen LogP contribution in [0.5, 0.6) is 11.5 Å². The van der Waals surface area contributed by atoms with Crippen LogP contribution in [0.1, 0.15) is 29.7 Å². The molecule has 4 aromatic rings. The van der Waals surface area contributed by atoms with Gasteiger partial charge in [-0.25, -0.2) is 9.79 Å². The molecule has 0 N–H and O–H groups in total. The van der Waals surface area contributed by atoms with Crippen LogP contribution in [0.3, 0.4) is 0 Å². The van der Waals surface area contributed by atoms with E-state index in [0.29, 0.717) is 42.7 Å². The van der Waals surface area contributed by atoms with Gasteiger partial charge >= 0.3 is 5.97 Å². The first-order chi connectivity index (χ1) is 19.7. The number of thiazole rings is 1. The Bertz CT molecular complexity index is 1840. The molecule has 7 nitrogen and oxygen atoms in total. The van der Waals surface area contributed by atoms with E-state index in [1.165, 1.54) is 18.4 Å². The summed E-state index contributed by atoms with van der Waals surface area (Å²) >= 11 is 19.8. The highest BCUT2D eigenvalue weighted by Crippen LogP contribution is 2.37. The Morgan fingerprint density at radius 1 is 1.05 bits per heavy atom. The minimum absolute atomic E-state index is 0.100. The van der Waals surface area contributed by atoms with Gasteiger partial charge in [0.25, 0.3) is 5.56 Å². The Kier molecular flexibility index (Phi) is 8.56. The second kappa shape index (κ2) is 12.1. The van der Waals surface area contributed by atoms with Crippen LogP contribution in [0, 0.1) is 0 Å². The van der Waals surface area contributed by atoms with Crippen LogP contribution in [0.15, 0.2) is 81.7 Å². The molecule has 0 spiro atoms. The highest BCUT2D eigenvalue weighted by molar-refractivity contribution is 7.07. The Balaban J connectivity index is 1.57. The van der Waals surface area contributed by atoms with E-state index in [0.717, 1.165) is 11.1 Å². The molecule has 1 aromatic heterocycles. The monoisotopic (exact) mass is 628 g/mol. The number of esters is 1. The predicted molar refractivity (Wildman–Crippen MR) is 161 cm³/mol. The first-order valence-electron chi connectivity index (χ1n) is 12.3. The second-order valence-electron chi connectivity index (χ2n) is 9.04. The maximum atomic E-state index is 13.8. The van der Waals surface area contributed by atoms with E-state index in [4.69, 9.17) is 49.0 Å². The van der Waals surface area contributed by atoms with Gasteiger partial charge in [0.1, 0.15) is 12.4 Å². The molecule has 2 heterocycles. The maximum absolute atomic E-state index is 13.8. The summed E-state index contributed by atoms with van der Waals surface area (Å²) in [4.78, 5) is 31.7. The van der Waals surface area contributed by atoms with E-state index in [2.05, 4.69) is 4.99 Å². The van der Waals surface area contributed by atoms with Gasteiger partial charge in [0.15, 0.2) is 10.6 Å². The number of nitrogens with zero attached hydrogens (tertiary/aromatic N) is 2. The number of carbonyl (C=O) groups is 1. The topological polar surface area (TPSA) is 79.1 Å². The smallest absolute Gasteiger partial charge is 0.338 e. The number of hydrogen-bond acceptors (Lipinski definition) is 7. The summed E-state index contributed by atoms with van der Waals surface area (Å²) in [5.41, 5.74) is 2.77. The van der Waals surface area contributed by atoms with E-state index < -0.39 is 12.0 Å². The molecule has 0 aliphatic carbocycles. The zero-order valence-corrected chi connectivity index (χ0v) is 25.2. The number of benzene rings is 3. The van der Waals surface area contributed by atoms with Crippen LogP contribution >= 0.6 is 46.1 Å². The van der Waals surface area contributed by atoms with Gasteiger partial charge in [-0.05, 0) is 48.4 Å². The number of rotatable bonds is 7. The second-order valence-corrected chi connectivity index (χ2v) is 11.3. The normalized spacial score (nSPS) is 14.9. The molecule has 0 radical (unpaired) electrons. The van der Waals surface area contributed by atoms with Gasteiger partial charge in [0.2, 0.25) is 0 Å². The number of hydrogen-bond donors (Lipinski definition) is 0. The number of aromatic nitrogens is 1. The molecule has 0 amide bonds. The lowest BCUT2D eigenvalue weighted by molar-refractivity contribution is -0.136. The molecule has 0 bridgehead atoms. The number of carbonyl (C=O) groups excluding carboxylic acids is 1. The molecule has 210 valence electrons. The molecule has 3 aromatic carbocycles. The summed E-state index contributed by atoms with van der Waals surface area (Å²) in [5.74, 6) is 0.360. The van der Waals surface area contributed by atoms with Gasteiger partial charge in [-0.2, -0.15) is 0 Å². The van der Waals surface area contributed by atoms with Crippen molar-refractivity contribution >= 4 is 58.2 Å². The largest absolute Gasteiger partial charge is 0.496 e. The Labute approximate surface area is 254 Å². The quantitative estimate of drug-likeness (QED) is 0.236. The molecule has 0 saturated carbocycles. The van der Waals surface area contributed by atoms with Crippen LogP contribution in [0.2, 0.25) is 15.1 Å². The number of fused-ring (bicyclic) bond motifs is 1. The third-order valence-corrected chi connectivity index (χ3v) is 8.24. The number of methoxy groups -OCH3 is 2. The first-order valence-corrected chi connectivity index (χ1v) is 14.3. The van der Waals surface area contributed by atoms with Crippen molar-refractivity contribution in [2.24, 2.45) is 4.99 Å². The van der Waals surface area contributed by atoms with Crippen molar-refractivity contribution in [1.82, 2.24) is 4.57 Å². The fourth-order valence-electron chi connectivity index (χ4n) is 4.61. The van der Waals surface area contributed by atoms with E-state index >= 15 is 0 Å². The molecule has 1 unspecified atom stereocenters. The fraction of sp³-hybridized carbons (Fsp3) is 0.167.